The highest BCUT2D eigenvalue weighted by Crippen LogP contribution is 2.43. The van der Waals surface area contributed by atoms with Crippen LogP contribution in [0.1, 0.15) is 43.5 Å². The number of carboxylic acid groups (broad SMARTS) is 1. The first-order chi connectivity index (χ1) is 9.31. The third-order valence-corrected chi connectivity index (χ3v) is 4.73. The zero-order chi connectivity index (χ0) is 14.9. The van der Waals surface area contributed by atoms with Crippen LogP contribution in [0.5, 0.6) is 0 Å². The van der Waals surface area contributed by atoms with Gasteiger partial charge in [0.15, 0.2) is 0 Å². The van der Waals surface area contributed by atoms with Crippen molar-refractivity contribution in [2.75, 3.05) is 5.32 Å². The van der Waals surface area contributed by atoms with Crippen LogP contribution in [0, 0.1) is 11.3 Å². The number of hydrogen-bond acceptors (Lipinski definition) is 2. The van der Waals surface area contributed by atoms with E-state index >= 15 is 0 Å². The summed E-state index contributed by atoms with van der Waals surface area (Å²) in [6.45, 7) is 4.21. The molecule has 5 heteroatoms. The lowest BCUT2D eigenvalue weighted by molar-refractivity contribution is -0.122. The highest BCUT2D eigenvalue weighted by molar-refractivity contribution is 9.10. The van der Waals surface area contributed by atoms with Crippen molar-refractivity contribution in [1.29, 1.82) is 0 Å². The lowest BCUT2D eigenvalue weighted by Crippen LogP contribution is -2.30. The van der Waals surface area contributed by atoms with Crippen LogP contribution < -0.4 is 5.32 Å². The second kappa shape index (κ2) is 5.56. The first-order valence-corrected chi connectivity index (χ1v) is 7.44. The molecule has 1 aromatic rings. The van der Waals surface area contributed by atoms with Gasteiger partial charge in [-0.25, -0.2) is 4.79 Å². The lowest BCUT2D eigenvalue weighted by Gasteiger charge is -2.25. The van der Waals surface area contributed by atoms with Gasteiger partial charge in [0, 0.05) is 16.1 Å². The fourth-order valence-corrected chi connectivity index (χ4v) is 3.23. The summed E-state index contributed by atoms with van der Waals surface area (Å²) in [6, 6.07) is 4.82. The van der Waals surface area contributed by atoms with Crippen molar-refractivity contribution in [1.82, 2.24) is 0 Å². The van der Waals surface area contributed by atoms with E-state index in [2.05, 4.69) is 35.1 Å². The zero-order valence-corrected chi connectivity index (χ0v) is 13.2. The molecule has 1 unspecified atom stereocenters. The van der Waals surface area contributed by atoms with Crippen molar-refractivity contribution in [3.63, 3.8) is 0 Å². The first-order valence-electron chi connectivity index (χ1n) is 6.65. The summed E-state index contributed by atoms with van der Waals surface area (Å²) in [5, 5.41) is 11.9. The predicted octanol–water partition coefficient (Wildman–Crippen LogP) is 3.91. The number of halogens is 1. The minimum atomic E-state index is -1.02. The summed E-state index contributed by atoms with van der Waals surface area (Å²) in [7, 11) is 0. The van der Waals surface area contributed by atoms with Crippen LogP contribution in [0.3, 0.4) is 0 Å². The van der Waals surface area contributed by atoms with Crippen molar-refractivity contribution in [2.45, 2.75) is 33.1 Å². The fourth-order valence-electron chi connectivity index (χ4n) is 2.81. The van der Waals surface area contributed by atoms with Gasteiger partial charge in [0.05, 0.1) is 5.56 Å². The van der Waals surface area contributed by atoms with E-state index in [0.717, 1.165) is 19.3 Å². The second-order valence-corrected chi connectivity index (χ2v) is 6.78. The molecule has 0 radical (unpaired) electrons. The number of aromatic carboxylic acids is 1. The summed E-state index contributed by atoms with van der Waals surface area (Å²) in [4.78, 5) is 23.4. The molecule has 1 aromatic carbocycles. The normalized spacial score (nSPS) is 20.6. The van der Waals surface area contributed by atoms with Gasteiger partial charge in [0.2, 0.25) is 5.91 Å². The average molecular weight is 340 g/mol. The SMILES string of the molecule is CC1(C)CCCC1C(=O)Nc1ccc(Br)c(C(=O)O)c1. The van der Waals surface area contributed by atoms with Crippen LogP contribution in [0.25, 0.3) is 0 Å². The van der Waals surface area contributed by atoms with Crippen molar-refractivity contribution in [3.8, 4) is 0 Å². The predicted molar refractivity (Wildman–Crippen MR) is 80.9 cm³/mol. The summed E-state index contributed by atoms with van der Waals surface area (Å²) in [5.74, 6) is -1.06. The van der Waals surface area contributed by atoms with Gasteiger partial charge in [0.25, 0.3) is 0 Å². The van der Waals surface area contributed by atoms with E-state index in [1.807, 2.05) is 0 Å². The van der Waals surface area contributed by atoms with Crippen LogP contribution in [-0.4, -0.2) is 17.0 Å². The number of benzene rings is 1. The molecule has 4 nitrogen and oxygen atoms in total. The number of hydrogen-bond donors (Lipinski definition) is 2. The summed E-state index contributed by atoms with van der Waals surface area (Å²) >= 11 is 3.19. The molecule has 2 rings (SSSR count). The monoisotopic (exact) mass is 339 g/mol. The Labute approximate surface area is 126 Å². The minimum Gasteiger partial charge on any atom is -0.478 e. The van der Waals surface area contributed by atoms with E-state index in [0.29, 0.717) is 10.2 Å². The van der Waals surface area contributed by atoms with Crippen molar-refractivity contribution < 1.29 is 14.7 Å². The molecule has 2 N–H and O–H groups in total. The molecule has 0 aromatic heterocycles. The van der Waals surface area contributed by atoms with E-state index in [9.17, 15) is 9.59 Å². The van der Waals surface area contributed by atoms with Gasteiger partial charge >= 0.3 is 5.97 Å². The van der Waals surface area contributed by atoms with Gasteiger partial charge in [-0.15, -0.1) is 0 Å². The van der Waals surface area contributed by atoms with Crippen LogP contribution in [0.4, 0.5) is 5.69 Å². The van der Waals surface area contributed by atoms with Crippen molar-refractivity contribution in [3.05, 3.63) is 28.2 Å². The largest absolute Gasteiger partial charge is 0.478 e. The third kappa shape index (κ3) is 3.03. The number of rotatable bonds is 3. The van der Waals surface area contributed by atoms with Gasteiger partial charge in [-0.1, -0.05) is 20.3 Å². The number of carbonyl (C=O) groups excluding carboxylic acids is 1. The Morgan fingerprint density at radius 3 is 2.65 bits per heavy atom. The molecule has 108 valence electrons. The van der Waals surface area contributed by atoms with Gasteiger partial charge in [-0.3, -0.25) is 4.79 Å². The maximum atomic E-state index is 12.3. The van der Waals surface area contributed by atoms with Crippen molar-refractivity contribution in [2.24, 2.45) is 11.3 Å². The second-order valence-electron chi connectivity index (χ2n) is 5.92. The smallest absolute Gasteiger partial charge is 0.336 e. The van der Waals surface area contributed by atoms with Crippen LogP contribution in [0.15, 0.2) is 22.7 Å². The fraction of sp³-hybridized carbons (Fsp3) is 0.467. The molecule has 1 aliphatic carbocycles. The molecule has 1 atom stereocenters. The molecule has 0 bridgehead atoms. The number of amides is 1. The molecule has 0 heterocycles. The Kier molecular flexibility index (Phi) is 4.18. The Morgan fingerprint density at radius 1 is 1.40 bits per heavy atom. The summed E-state index contributed by atoms with van der Waals surface area (Å²) in [5.41, 5.74) is 0.682. The average Bonchev–Trinajstić information content (AvgIpc) is 2.71. The Balaban J connectivity index is 2.16. The molecular weight excluding hydrogens is 322 g/mol. The summed E-state index contributed by atoms with van der Waals surface area (Å²) < 4.78 is 0.504. The molecular formula is C15H18BrNO3. The highest BCUT2D eigenvalue weighted by atomic mass is 79.9. The standard InChI is InChI=1S/C15H18BrNO3/c1-15(2)7-3-4-11(15)13(18)17-9-5-6-12(16)10(8-9)14(19)20/h5-6,8,11H,3-4,7H2,1-2H3,(H,17,18)(H,19,20). The van der Waals surface area contributed by atoms with Gasteiger partial charge in [0.1, 0.15) is 0 Å². The van der Waals surface area contributed by atoms with Crippen LogP contribution in [-0.2, 0) is 4.79 Å². The first kappa shape index (κ1) is 15.0. The number of nitrogens with one attached hydrogen (secondary N) is 1. The third-order valence-electron chi connectivity index (χ3n) is 4.04. The Morgan fingerprint density at radius 2 is 2.10 bits per heavy atom. The van der Waals surface area contributed by atoms with E-state index in [-0.39, 0.29) is 22.8 Å². The van der Waals surface area contributed by atoms with E-state index < -0.39 is 5.97 Å². The van der Waals surface area contributed by atoms with Gasteiger partial charge in [-0.05, 0) is 52.4 Å². The molecule has 0 saturated heterocycles. The minimum absolute atomic E-state index is 0.00900. The Hall–Kier alpha value is -1.36. The molecule has 20 heavy (non-hydrogen) atoms. The van der Waals surface area contributed by atoms with Gasteiger partial charge in [-0.2, -0.15) is 0 Å². The maximum absolute atomic E-state index is 12.3. The molecule has 1 amide bonds. The van der Waals surface area contributed by atoms with Gasteiger partial charge < -0.3 is 10.4 Å². The van der Waals surface area contributed by atoms with Crippen LogP contribution in [0.2, 0.25) is 0 Å². The van der Waals surface area contributed by atoms with Crippen LogP contribution >= 0.6 is 15.9 Å². The number of carbonyl (C=O) groups is 2. The van der Waals surface area contributed by atoms with E-state index in [1.54, 1.807) is 12.1 Å². The van der Waals surface area contributed by atoms with E-state index in [4.69, 9.17) is 5.11 Å². The number of anilines is 1. The molecule has 1 fully saturated rings. The molecule has 1 saturated carbocycles. The number of carboxylic acids is 1. The summed E-state index contributed by atoms with van der Waals surface area (Å²) in [6.07, 6.45) is 3.00. The van der Waals surface area contributed by atoms with E-state index in [1.165, 1.54) is 6.07 Å². The topological polar surface area (TPSA) is 66.4 Å². The van der Waals surface area contributed by atoms with Crippen molar-refractivity contribution >= 4 is 33.5 Å². The lowest BCUT2D eigenvalue weighted by atomic mass is 9.81. The maximum Gasteiger partial charge on any atom is 0.336 e. The zero-order valence-electron chi connectivity index (χ0n) is 11.6. The molecule has 0 aliphatic heterocycles. The molecule has 0 spiro atoms. The highest BCUT2D eigenvalue weighted by Gasteiger charge is 2.39. The molecule has 1 aliphatic rings. The quantitative estimate of drug-likeness (QED) is 0.877. The Bertz CT molecular complexity index is 554.